The van der Waals surface area contributed by atoms with Crippen LogP contribution in [0.25, 0.3) is 0 Å². The third-order valence-corrected chi connectivity index (χ3v) is 3.62. The molecule has 0 bridgehead atoms. The Hall–Kier alpha value is -2.23. The molecule has 0 aliphatic carbocycles. The van der Waals surface area contributed by atoms with Crippen LogP contribution in [0.5, 0.6) is 0 Å². The maximum absolute atomic E-state index is 11.8. The highest BCUT2D eigenvalue weighted by Gasteiger charge is 2.21. The number of hydrogen-bond donors (Lipinski definition) is 1. The minimum atomic E-state index is 0.227. The lowest BCUT2D eigenvalue weighted by Crippen LogP contribution is -2.23. The van der Waals surface area contributed by atoms with Crippen molar-refractivity contribution in [1.82, 2.24) is 4.57 Å². The van der Waals surface area contributed by atoms with Gasteiger partial charge in [-0.3, -0.25) is 4.79 Å². The van der Waals surface area contributed by atoms with E-state index in [9.17, 15) is 4.79 Å². The summed E-state index contributed by atoms with van der Waals surface area (Å²) in [5, 5.41) is 3.40. The first-order valence-electron chi connectivity index (χ1n) is 6.97. The molecule has 2 heterocycles. The minimum Gasteiger partial charge on any atom is -0.381 e. The molecule has 4 heteroatoms. The molecule has 1 amide bonds. The molecule has 0 unspecified atom stereocenters. The largest absolute Gasteiger partial charge is 0.381 e. The van der Waals surface area contributed by atoms with Crippen molar-refractivity contribution < 1.29 is 4.79 Å². The SMILES string of the molecule is Cn1ccc(CNc2cccc(N3CCCC3=O)c2)c1. The van der Waals surface area contributed by atoms with Crippen LogP contribution in [-0.4, -0.2) is 17.0 Å². The summed E-state index contributed by atoms with van der Waals surface area (Å²) in [6.07, 6.45) is 5.76. The first-order chi connectivity index (χ1) is 9.72. The molecule has 1 fully saturated rings. The Kier molecular flexibility index (Phi) is 3.46. The van der Waals surface area contributed by atoms with Crippen LogP contribution in [0, 0.1) is 0 Å². The summed E-state index contributed by atoms with van der Waals surface area (Å²) in [5.41, 5.74) is 3.28. The Balaban J connectivity index is 1.69. The van der Waals surface area contributed by atoms with E-state index < -0.39 is 0 Å². The smallest absolute Gasteiger partial charge is 0.227 e. The zero-order chi connectivity index (χ0) is 13.9. The monoisotopic (exact) mass is 269 g/mol. The average Bonchev–Trinajstić information content (AvgIpc) is 3.05. The number of carbonyl (C=O) groups excluding carboxylic acids is 1. The lowest BCUT2D eigenvalue weighted by molar-refractivity contribution is -0.117. The van der Waals surface area contributed by atoms with Crippen LogP contribution in [0.2, 0.25) is 0 Å². The second-order valence-electron chi connectivity index (χ2n) is 5.24. The van der Waals surface area contributed by atoms with Gasteiger partial charge in [0.05, 0.1) is 0 Å². The molecule has 1 N–H and O–H groups in total. The first kappa shape index (κ1) is 12.8. The molecule has 104 valence electrons. The number of aromatic nitrogens is 1. The van der Waals surface area contributed by atoms with Crippen molar-refractivity contribution >= 4 is 17.3 Å². The predicted octanol–water partition coefficient (Wildman–Crippen LogP) is 2.76. The van der Waals surface area contributed by atoms with Gasteiger partial charge in [0, 0.05) is 50.3 Å². The summed E-state index contributed by atoms with van der Waals surface area (Å²) >= 11 is 0. The normalized spacial score (nSPS) is 14.8. The second kappa shape index (κ2) is 5.41. The lowest BCUT2D eigenvalue weighted by atomic mass is 10.2. The van der Waals surface area contributed by atoms with Gasteiger partial charge in [0.15, 0.2) is 0 Å². The molecule has 4 nitrogen and oxygen atoms in total. The van der Waals surface area contributed by atoms with Crippen LogP contribution < -0.4 is 10.2 Å². The van der Waals surface area contributed by atoms with E-state index in [0.29, 0.717) is 6.42 Å². The number of anilines is 2. The van der Waals surface area contributed by atoms with Crippen LogP contribution in [0.3, 0.4) is 0 Å². The molecule has 0 atom stereocenters. The Labute approximate surface area is 119 Å². The molecule has 1 aliphatic heterocycles. The van der Waals surface area contributed by atoms with Crippen LogP contribution >= 0.6 is 0 Å². The van der Waals surface area contributed by atoms with E-state index in [1.165, 1.54) is 5.56 Å². The summed E-state index contributed by atoms with van der Waals surface area (Å²) in [5.74, 6) is 0.227. The molecule has 1 aliphatic rings. The fraction of sp³-hybridized carbons (Fsp3) is 0.312. The molecular weight excluding hydrogens is 250 g/mol. The maximum atomic E-state index is 11.8. The highest BCUT2D eigenvalue weighted by atomic mass is 16.2. The topological polar surface area (TPSA) is 37.3 Å². The summed E-state index contributed by atoms with van der Waals surface area (Å²) in [4.78, 5) is 13.6. The van der Waals surface area contributed by atoms with E-state index in [0.717, 1.165) is 30.9 Å². The van der Waals surface area contributed by atoms with E-state index in [1.54, 1.807) is 0 Å². The lowest BCUT2D eigenvalue weighted by Gasteiger charge is -2.17. The van der Waals surface area contributed by atoms with Crippen molar-refractivity contribution in [3.8, 4) is 0 Å². The summed E-state index contributed by atoms with van der Waals surface area (Å²) < 4.78 is 2.04. The molecule has 1 aromatic carbocycles. The molecule has 1 aromatic heterocycles. The molecule has 0 spiro atoms. The van der Waals surface area contributed by atoms with Crippen LogP contribution in [0.1, 0.15) is 18.4 Å². The second-order valence-corrected chi connectivity index (χ2v) is 5.24. The summed E-state index contributed by atoms with van der Waals surface area (Å²) in [7, 11) is 2.02. The molecule has 3 rings (SSSR count). The van der Waals surface area contributed by atoms with Gasteiger partial charge < -0.3 is 14.8 Å². The Morgan fingerprint density at radius 3 is 2.90 bits per heavy atom. The third kappa shape index (κ3) is 2.69. The fourth-order valence-electron chi connectivity index (χ4n) is 2.57. The van der Waals surface area contributed by atoms with Crippen LogP contribution in [0.15, 0.2) is 42.7 Å². The number of aryl methyl sites for hydroxylation is 1. The predicted molar refractivity (Wildman–Crippen MR) is 80.8 cm³/mol. The van der Waals surface area contributed by atoms with E-state index in [-0.39, 0.29) is 5.91 Å². The van der Waals surface area contributed by atoms with Gasteiger partial charge in [-0.25, -0.2) is 0 Å². The highest BCUT2D eigenvalue weighted by molar-refractivity contribution is 5.95. The van der Waals surface area contributed by atoms with Crippen molar-refractivity contribution in [2.45, 2.75) is 19.4 Å². The number of carbonyl (C=O) groups is 1. The van der Waals surface area contributed by atoms with E-state index in [2.05, 4.69) is 17.6 Å². The number of nitrogens with one attached hydrogen (secondary N) is 1. The van der Waals surface area contributed by atoms with Crippen molar-refractivity contribution in [3.63, 3.8) is 0 Å². The molecular formula is C16H19N3O. The summed E-state index contributed by atoms with van der Waals surface area (Å²) in [6, 6.07) is 10.2. The average molecular weight is 269 g/mol. The Morgan fingerprint density at radius 2 is 2.20 bits per heavy atom. The van der Waals surface area contributed by atoms with Gasteiger partial charge in [-0.2, -0.15) is 0 Å². The number of nitrogens with zero attached hydrogens (tertiary/aromatic N) is 2. The van der Waals surface area contributed by atoms with Crippen molar-refractivity contribution in [2.75, 3.05) is 16.8 Å². The van der Waals surface area contributed by atoms with Gasteiger partial charge in [-0.1, -0.05) is 6.07 Å². The van der Waals surface area contributed by atoms with Gasteiger partial charge >= 0.3 is 0 Å². The van der Waals surface area contributed by atoms with Crippen LogP contribution in [0.4, 0.5) is 11.4 Å². The number of benzene rings is 1. The zero-order valence-corrected chi connectivity index (χ0v) is 11.7. The summed E-state index contributed by atoms with van der Waals surface area (Å²) in [6.45, 7) is 1.62. The molecule has 0 saturated carbocycles. The van der Waals surface area contributed by atoms with Gasteiger partial charge in [0.2, 0.25) is 5.91 Å². The van der Waals surface area contributed by atoms with E-state index >= 15 is 0 Å². The first-order valence-corrected chi connectivity index (χ1v) is 6.97. The zero-order valence-electron chi connectivity index (χ0n) is 11.7. The highest BCUT2D eigenvalue weighted by Crippen LogP contribution is 2.24. The molecule has 1 saturated heterocycles. The molecule has 2 aromatic rings. The van der Waals surface area contributed by atoms with E-state index in [4.69, 9.17) is 0 Å². The van der Waals surface area contributed by atoms with Crippen molar-refractivity contribution in [3.05, 3.63) is 48.3 Å². The van der Waals surface area contributed by atoms with Crippen molar-refractivity contribution in [1.29, 1.82) is 0 Å². The fourth-order valence-corrected chi connectivity index (χ4v) is 2.57. The number of amides is 1. The van der Waals surface area contributed by atoms with Gasteiger partial charge in [-0.05, 0) is 36.2 Å². The van der Waals surface area contributed by atoms with Crippen LogP contribution in [-0.2, 0) is 18.4 Å². The minimum absolute atomic E-state index is 0.227. The molecule has 20 heavy (non-hydrogen) atoms. The van der Waals surface area contributed by atoms with Gasteiger partial charge in [0.1, 0.15) is 0 Å². The Bertz CT molecular complexity index is 618. The standard InChI is InChI=1S/C16H19N3O/c1-18-9-7-13(12-18)11-17-14-4-2-5-15(10-14)19-8-3-6-16(19)20/h2,4-5,7,9-10,12,17H,3,6,8,11H2,1H3. The van der Waals surface area contributed by atoms with E-state index in [1.807, 2.05) is 47.0 Å². The van der Waals surface area contributed by atoms with Crippen molar-refractivity contribution in [2.24, 2.45) is 7.05 Å². The van der Waals surface area contributed by atoms with Gasteiger partial charge in [0.25, 0.3) is 0 Å². The third-order valence-electron chi connectivity index (χ3n) is 3.62. The Morgan fingerprint density at radius 1 is 1.30 bits per heavy atom. The quantitative estimate of drug-likeness (QED) is 0.926. The maximum Gasteiger partial charge on any atom is 0.227 e. The number of hydrogen-bond acceptors (Lipinski definition) is 2. The molecule has 0 radical (unpaired) electrons. The number of rotatable bonds is 4. The van der Waals surface area contributed by atoms with Gasteiger partial charge in [-0.15, -0.1) is 0 Å².